The van der Waals surface area contributed by atoms with Crippen LogP contribution in [0.1, 0.15) is 45.1 Å². The summed E-state index contributed by atoms with van der Waals surface area (Å²) in [5, 5.41) is 0. The Morgan fingerprint density at radius 3 is 2.55 bits per heavy atom. The van der Waals surface area contributed by atoms with Gasteiger partial charge >= 0.3 is 0 Å². The molecule has 2 rings (SSSR count). The van der Waals surface area contributed by atoms with Gasteiger partial charge in [-0.3, -0.25) is 4.98 Å². The van der Waals surface area contributed by atoms with Crippen LogP contribution in [0.15, 0.2) is 36.5 Å². The molecule has 0 fully saturated rings. The number of aryl methyl sites for hydroxylation is 1. The first-order valence-corrected chi connectivity index (χ1v) is 8.12. The summed E-state index contributed by atoms with van der Waals surface area (Å²) < 4.78 is 19.4. The van der Waals surface area contributed by atoms with Gasteiger partial charge in [0, 0.05) is 17.8 Å². The number of benzene rings is 1. The maximum atomic E-state index is 14.1. The lowest BCUT2D eigenvalue weighted by Crippen LogP contribution is -1.94. The Kier molecular flexibility index (Phi) is 6.38. The highest BCUT2D eigenvalue weighted by molar-refractivity contribution is 5.61. The van der Waals surface area contributed by atoms with Crippen LogP contribution in [-0.4, -0.2) is 11.6 Å². The molecule has 0 spiro atoms. The Bertz CT molecular complexity index is 580. The molecule has 0 unspecified atom stereocenters. The average molecular weight is 301 g/mol. The SMILES string of the molecule is CCCCCCc1ccc(-c2ccc(OCC)cc2F)nc1. The van der Waals surface area contributed by atoms with Crippen molar-refractivity contribution in [3.63, 3.8) is 0 Å². The van der Waals surface area contributed by atoms with Gasteiger partial charge in [-0.2, -0.15) is 0 Å². The number of hydrogen-bond acceptors (Lipinski definition) is 2. The summed E-state index contributed by atoms with van der Waals surface area (Å²) in [4.78, 5) is 4.40. The monoisotopic (exact) mass is 301 g/mol. The lowest BCUT2D eigenvalue weighted by atomic mass is 10.1. The van der Waals surface area contributed by atoms with Crippen LogP contribution in [-0.2, 0) is 6.42 Å². The molecule has 0 amide bonds. The predicted molar refractivity (Wildman–Crippen MR) is 88.6 cm³/mol. The highest BCUT2D eigenvalue weighted by atomic mass is 19.1. The van der Waals surface area contributed by atoms with Crippen LogP contribution in [0, 0.1) is 5.82 Å². The Labute approximate surface area is 132 Å². The second kappa shape index (κ2) is 8.52. The molecule has 2 nitrogen and oxygen atoms in total. The number of unbranched alkanes of at least 4 members (excludes halogenated alkanes) is 3. The van der Waals surface area contributed by atoms with E-state index in [0.717, 1.165) is 6.42 Å². The normalized spacial score (nSPS) is 10.7. The number of ether oxygens (including phenoxy) is 1. The first-order valence-electron chi connectivity index (χ1n) is 8.12. The summed E-state index contributed by atoms with van der Waals surface area (Å²) in [7, 11) is 0. The van der Waals surface area contributed by atoms with Gasteiger partial charge in [-0.25, -0.2) is 4.39 Å². The molecule has 22 heavy (non-hydrogen) atoms. The van der Waals surface area contributed by atoms with Crippen molar-refractivity contribution in [3.05, 3.63) is 47.9 Å². The summed E-state index contributed by atoms with van der Waals surface area (Å²) in [5.74, 6) is 0.255. The van der Waals surface area contributed by atoms with Gasteiger partial charge in [-0.1, -0.05) is 32.3 Å². The Morgan fingerprint density at radius 2 is 1.91 bits per heavy atom. The van der Waals surface area contributed by atoms with Crippen molar-refractivity contribution in [1.29, 1.82) is 0 Å². The minimum atomic E-state index is -0.297. The second-order valence-electron chi connectivity index (χ2n) is 5.44. The van der Waals surface area contributed by atoms with E-state index in [4.69, 9.17) is 4.74 Å². The van der Waals surface area contributed by atoms with Crippen molar-refractivity contribution in [2.45, 2.75) is 46.0 Å². The number of pyridine rings is 1. The Balaban J connectivity index is 2.03. The topological polar surface area (TPSA) is 22.1 Å². The number of halogens is 1. The fraction of sp³-hybridized carbons (Fsp3) is 0.421. The van der Waals surface area contributed by atoms with Gasteiger partial charge in [0.05, 0.1) is 12.3 Å². The highest BCUT2D eigenvalue weighted by Crippen LogP contribution is 2.25. The minimum Gasteiger partial charge on any atom is -0.494 e. The number of aromatic nitrogens is 1. The zero-order valence-corrected chi connectivity index (χ0v) is 13.4. The largest absolute Gasteiger partial charge is 0.494 e. The molecule has 2 aromatic rings. The summed E-state index contributed by atoms with van der Waals surface area (Å²) in [6.07, 6.45) is 7.87. The molecule has 0 aliphatic rings. The van der Waals surface area contributed by atoms with E-state index in [1.165, 1.54) is 37.3 Å². The van der Waals surface area contributed by atoms with Crippen LogP contribution in [0.5, 0.6) is 5.75 Å². The van der Waals surface area contributed by atoms with Crippen LogP contribution in [0.25, 0.3) is 11.3 Å². The zero-order valence-electron chi connectivity index (χ0n) is 13.4. The van der Waals surface area contributed by atoms with Crippen molar-refractivity contribution in [3.8, 4) is 17.0 Å². The van der Waals surface area contributed by atoms with E-state index in [-0.39, 0.29) is 5.82 Å². The lowest BCUT2D eigenvalue weighted by molar-refractivity contribution is 0.338. The molecule has 3 heteroatoms. The molecule has 0 aliphatic heterocycles. The van der Waals surface area contributed by atoms with E-state index in [0.29, 0.717) is 23.6 Å². The van der Waals surface area contributed by atoms with Crippen molar-refractivity contribution < 1.29 is 9.13 Å². The third-order valence-electron chi connectivity index (χ3n) is 3.67. The van der Waals surface area contributed by atoms with E-state index >= 15 is 0 Å². The molecule has 1 aromatic carbocycles. The molecule has 1 aromatic heterocycles. The molecule has 0 bridgehead atoms. The van der Waals surface area contributed by atoms with E-state index in [9.17, 15) is 4.39 Å². The van der Waals surface area contributed by atoms with Crippen LogP contribution in [0.2, 0.25) is 0 Å². The van der Waals surface area contributed by atoms with Gasteiger partial charge in [0.2, 0.25) is 0 Å². The summed E-state index contributed by atoms with van der Waals surface area (Å²) in [5.41, 5.74) is 2.39. The van der Waals surface area contributed by atoms with E-state index < -0.39 is 0 Å². The van der Waals surface area contributed by atoms with E-state index in [2.05, 4.69) is 11.9 Å². The fourth-order valence-corrected chi connectivity index (χ4v) is 2.45. The summed E-state index contributed by atoms with van der Waals surface area (Å²) in [6, 6.07) is 8.86. The lowest BCUT2D eigenvalue weighted by Gasteiger charge is -2.07. The van der Waals surface area contributed by atoms with Gasteiger partial charge in [-0.05, 0) is 43.5 Å². The predicted octanol–water partition coefficient (Wildman–Crippen LogP) is 5.41. The van der Waals surface area contributed by atoms with Crippen molar-refractivity contribution in [2.24, 2.45) is 0 Å². The maximum absolute atomic E-state index is 14.1. The molecule has 0 radical (unpaired) electrons. The van der Waals surface area contributed by atoms with Crippen LogP contribution in [0.3, 0.4) is 0 Å². The zero-order chi connectivity index (χ0) is 15.8. The third-order valence-corrected chi connectivity index (χ3v) is 3.67. The van der Waals surface area contributed by atoms with E-state index in [1.54, 1.807) is 12.1 Å². The molecule has 118 valence electrons. The quantitative estimate of drug-likeness (QED) is 0.608. The number of nitrogens with zero attached hydrogens (tertiary/aromatic N) is 1. The molecule has 0 N–H and O–H groups in total. The Morgan fingerprint density at radius 1 is 1.05 bits per heavy atom. The molecule has 0 atom stereocenters. The van der Waals surface area contributed by atoms with Crippen LogP contribution < -0.4 is 4.74 Å². The molecule has 0 saturated carbocycles. The third kappa shape index (κ3) is 4.55. The first kappa shape index (κ1) is 16.5. The maximum Gasteiger partial charge on any atom is 0.136 e. The smallest absolute Gasteiger partial charge is 0.136 e. The van der Waals surface area contributed by atoms with Crippen LogP contribution in [0.4, 0.5) is 4.39 Å². The van der Waals surface area contributed by atoms with Gasteiger partial charge in [0.1, 0.15) is 11.6 Å². The van der Waals surface area contributed by atoms with Gasteiger partial charge in [-0.15, -0.1) is 0 Å². The fourth-order valence-electron chi connectivity index (χ4n) is 2.45. The number of hydrogen-bond donors (Lipinski definition) is 0. The molecular formula is C19H24FNO. The number of rotatable bonds is 8. The highest BCUT2D eigenvalue weighted by Gasteiger charge is 2.08. The van der Waals surface area contributed by atoms with E-state index in [1.807, 2.05) is 25.3 Å². The molecular weight excluding hydrogens is 277 g/mol. The minimum absolute atomic E-state index is 0.297. The summed E-state index contributed by atoms with van der Waals surface area (Å²) in [6.45, 7) is 4.62. The van der Waals surface area contributed by atoms with Crippen molar-refractivity contribution in [2.75, 3.05) is 6.61 Å². The summed E-state index contributed by atoms with van der Waals surface area (Å²) >= 11 is 0. The molecule has 0 saturated heterocycles. The first-order chi connectivity index (χ1) is 10.7. The van der Waals surface area contributed by atoms with Crippen molar-refractivity contribution >= 4 is 0 Å². The molecule has 1 heterocycles. The van der Waals surface area contributed by atoms with Crippen molar-refractivity contribution in [1.82, 2.24) is 4.98 Å². The second-order valence-corrected chi connectivity index (χ2v) is 5.44. The standard InChI is InChI=1S/C19H24FNO/c1-3-5-6-7-8-15-9-12-19(21-14-15)17-11-10-16(22-4-2)13-18(17)20/h9-14H,3-8H2,1-2H3. The van der Waals surface area contributed by atoms with Gasteiger partial charge < -0.3 is 4.74 Å². The average Bonchev–Trinajstić information content (AvgIpc) is 2.53. The van der Waals surface area contributed by atoms with Gasteiger partial charge in [0.15, 0.2) is 0 Å². The molecule has 0 aliphatic carbocycles. The van der Waals surface area contributed by atoms with Crippen LogP contribution >= 0.6 is 0 Å². The van der Waals surface area contributed by atoms with Gasteiger partial charge in [0.25, 0.3) is 0 Å². The Hall–Kier alpha value is -1.90.